The van der Waals surface area contributed by atoms with Crippen molar-refractivity contribution in [2.45, 2.75) is 31.8 Å². The van der Waals surface area contributed by atoms with Crippen LogP contribution in [0.1, 0.15) is 30.3 Å². The van der Waals surface area contributed by atoms with Crippen LogP contribution in [0, 0.1) is 0 Å². The zero-order chi connectivity index (χ0) is 22.4. The highest BCUT2D eigenvalue weighted by Gasteiger charge is 2.23. The van der Waals surface area contributed by atoms with Crippen molar-refractivity contribution in [3.63, 3.8) is 0 Å². The molecule has 1 heterocycles. The molecule has 3 amide bonds. The van der Waals surface area contributed by atoms with E-state index >= 15 is 0 Å². The first-order valence-electron chi connectivity index (χ1n) is 10.2. The summed E-state index contributed by atoms with van der Waals surface area (Å²) in [6.07, 6.45) is 2.02. The molecule has 1 aromatic heterocycles. The third-order valence-corrected chi connectivity index (χ3v) is 4.71. The van der Waals surface area contributed by atoms with Crippen molar-refractivity contribution in [1.82, 2.24) is 20.2 Å². The van der Waals surface area contributed by atoms with Gasteiger partial charge in [0, 0.05) is 43.0 Å². The van der Waals surface area contributed by atoms with Gasteiger partial charge in [-0.25, -0.2) is 14.8 Å². The van der Waals surface area contributed by atoms with Crippen LogP contribution in [0.5, 0.6) is 0 Å². The number of amides is 3. The lowest BCUT2D eigenvalue weighted by atomic mass is 10.2. The number of nitrogens with one attached hydrogen (secondary N) is 3. The molecular formula is C21H28N6O4. The summed E-state index contributed by atoms with van der Waals surface area (Å²) in [5, 5.41) is 27.1. The first-order chi connectivity index (χ1) is 14.9. The van der Waals surface area contributed by atoms with Gasteiger partial charge in [0.15, 0.2) is 5.82 Å². The second-order valence-corrected chi connectivity index (χ2v) is 7.59. The lowest BCUT2D eigenvalue weighted by Crippen LogP contribution is -2.30. The van der Waals surface area contributed by atoms with Gasteiger partial charge in [-0.1, -0.05) is 0 Å². The molecule has 0 saturated heterocycles. The molecule has 1 aromatic carbocycles. The van der Waals surface area contributed by atoms with E-state index in [1.54, 1.807) is 38.2 Å². The van der Waals surface area contributed by atoms with Gasteiger partial charge in [0.2, 0.25) is 0 Å². The number of hydrogen-bond acceptors (Lipinski definition) is 7. The predicted molar refractivity (Wildman–Crippen MR) is 117 cm³/mol. The van der Waals surface area contributed by atoms with Crippen LogP contribution in [0.3, 0.4) is 0 Å². The minimum absolute atomic E-state index is 0.101. The van der Waals surface area contributed by atoms with Crippen LogP contribution in [0.2, 0.25) is 0 Å². The third kappa shape index (κ3) is 6.37. The molecule has 0 aliphatic heterocycles. The fraction of sp³-hybridized carbons (Fsp3) is 0.429. The SMILES string of the molecule is C[C@@H](CO)Nc1cc(C(=O)N(C)CCO)nc(-c2ccc(NC(=O)NC3CC3)cc2)n1. The van der Waals surface area contributed by atoms with E-state index in [4.69, 9.17) is 5.11 Å². The molecule has 1 saturated carbocycles. The average molecular weight is 428 g/mol. The van der Waals surface area contributed by atoms with Gasteiger partial charge in [-0.3, -0.25) is 4.79 Å². The lowest BCUT2D eigenvalue weighted by Gasteiger charge is -2.17. The highest BCUT2D eigenvalue weighted by Crippen LogP contribution is 2.22. The van der Waals surface area contributed by atoms with Gasteiger partial charge < -0.3 is 31.1 Å². The number of urea groups is 1. The lowest BCUT2D eigenvalue weighted by molar-refractivity contribution is 0.0761. The van der Waals surface area contributed by atoms with Crippen LogP contribution in [-0.4, -0.2) is 75.9 Å². The molecule has 2 aromatic rings. The van der Waals surface area contributed by atoms with Crippen molar-refractivity contribution >= 4 is 23.4 Å². The van der Waals surface area contributed by atoms with E-state index in [9.17, 15) is 14.7 Å². The summed E-state index contributed by atoms with van der Waals surface area (Å²) < 4.78 is 0. The number of aliphatic hydroxyl groups is 2. The maximum Gasteiger partial charge on any atom is 0.319 e. The summed E-state index contributed by atoms with van der Waals surface area (Å²) in [5.74, 6) is 0.371. The number of anilines is 2. The molecule has 10 heteroatoms. The summed E-state index contributed by atoms with van der Waals surface area (Å²) >= 11 is 0. The van der Waals surface area contributed by atoms with E-state index in [-0.39, 0.29) is 49.5 Å². The van der Waals surface area contributed by atoms with E-state index in [0.717, 1.165) is 12.8 Å². The van der Waals surface area contributed by atoms with E-state index in [1.807, 2.05) is 0 Å². The highest BCUT2D eigenvalue weighted by molar-refractivity contribution is 5.93. The van der Waals surface area contributed by atoms with Gasteiger partial charge in [0.25, 0.3) is 5.91 Å². The number of aromatic nitrogens is 2. The molecule has 0 spiro atoms. The van der Waals surface area contributed by atoms with Crippen LogP contribution in [0.4, 0.5) is 16.3 Å². The van der Waals surface area contributed by atoms with E-state index in [2.05, 4.69) is 25.9 Å². The first kappa shape index (κ1) is 22.4. The number of benzene rings is 1. The molecule has 166 valence electrons. The van der Waals surface area contributed by atoms with Gasteiger partial charge in [-0.15, -0.1) is 0 Å². The molecule has 31 heavy (non-hydrogen) atoms. The molecule has 3 rings (SSSR count). The normalized spacial score (nSPS) is 13.9. The number of aliphatic hydroxyl groups excluding tert-OH is 2. The Kier molecular flexibility index (Phi) is 7.37. The Labute approximate surface area is 180 Å². The molecule has 10 nitrogen and oxygen atoms in total. The maximum absolute atomic E-state index is 12.7. The molecule has 0 radical (unpaired) electrons. The quantitative estimate of drug-likeness (QED) is 0.405. The molecule has 1 aliphatic rings. The third-order valence-electron chi connectivity index (χ3n) is 4.71. The molecule has 5 N–H and O–H groups in total. The molecule has 0 unspecified atom stereocenters. The van der Waals surface area contributed by atoms with Crippen LogP contribution < -0.4 is 16.0 Å². The Bertz CT molecular complexity index is 917. The van der Waals surface area contributed by atoms with Gasteiger partial charge in [0.05, 0.1) is 13.2 Å². The second kappa shape index (κ2) is 10.2. The van der Waals surface area contributed by atoms with Crippen LogP contribution in [0.15, 0.2) is 30.3 Å². The Morgan fingerprint density at radius 2 is 1.90 bits per heavy atom. The summed E-state index contributed by atoms with van der Waals surface area (Å²) in [7, 11) is 1.58. The smallest absolute Gasteiger partial charge is 0.319 e. The molecule has 1 fully saturated rings. The maximum atomic E-state index is 12.7. The Hall–Kier alpha value is -3.24. The van der Waals surface area contributed by atoms with Crippen molar-refractivity contribution in [2.24, 2.45) is 0 Å². The van der Waals surface area contributed by atoms with Crippen molar-refractivity contribution < 1.29 is 19.8 Å². The Morgan fingerprint density at radius 1 is 1.19 bits per heavy atom. The van der Waals surface area contributed by atoms with Crippen molar-refractivity contribution in [2.75, 3.05) is 37.4 Å². The Morgan fingerprint density at radius 3 is 2.52 bits per heavy atom. The molecule has 1 aliphatic carbocycles. The number of carbonyl (C=O) groups is 2. The van der Waals surface area contributed by atoms with E-state index in [1.165, 1.54) is 11.0 Å². The van der Waals surface area contributed by atoms with Gasteiger partial charge >= 0.3 is 6.03 Å². The average Bonchev–Trinajstić information content (AvgIpc) is 3.57. The van der Waals surface area contributed by atoms with Gasteiger partial charge in [-0.05, 0) is 44.0 Å². The topological polar surface area (TPSA) is 140 Å². The molecule has 1 atom stereocenters. The molecular weight excluding hydrogens is 400 g/mol. The standard InChI is InChI=1S/C21H28N6O4/c1-13(12-29)22-18-11-17(20(30)27(2)9-10-28)25-19(26-18)14-3-5-15(6-4-14)23-21(31)24-16-7-8-16/h3-6,11,13,16,28-29H,7-10,12H2,1-2H3,(H,22,25,26)(H2,23,24,31)/t13-/m0/s1. The van der Waals surface area contributed by atoms with Crippen LogP contribution in [-0.2, 0) is 0 Å². The number of nitrogens with zero attached hydrogens (tertiary/aromatic N) is 3. The number of hydrogen-bond donors (Lipinski definition) is 5. The molecule has 0 bridgehead atoms. The monoisotopic (exact) mass is 428 g/mol. The van der Waals surface area contributed by atoms with Crippen LogP contribution in [0.25, 0.3) is 11.4 Å². The fourth-order valence-electron chi connectivity index (χ4n) is 2.79. The highest BCUT2D eigenvalue weighted by atomic mass is 16.3. The summed E-state index contributed by atoms with van der Waals surface area (Å²) in [6.45, 7) is 1.71. The first-order valence-corrected chi connectivity index (χ1v) is 10.2. The predicted octanol–water partition coefficient (Wildman–Crippen LogP) is 1.28. The summed E-state index contributed by atoms with van der Waals surface area (Å²) in [6, 6.07) is 8.27. The van der Waals surface area contributed by atoms with E-state index < -0.39 is 0 Å². The number of carbonyl (C=O) groups excluding carboxylic acids is 2. The summed E-state index contributed by atoms with van der Waals surface area (Å²) in [4.78, 5) is 34.8. The minimum atomic E-state index is -0.354. The van der Waals surface area contributed by atoms with Crippen molar-refractivity contribution in [1.29, 1.82) is 0 Å². The van der Waals surface area contributed by atoms with Gasteiger partial charge in [0.1, 0.15) is 11.5 Å². The number of rotatable bonds is 9. The van der Waals surface area contributed by atoms with Gasteiger partial charge in [-0.2, -0.15) is 0 Å². The van der Waals surface area contributed by atoms with Crippen LogP contribution >= 0.6 is 0 Å². The zero-order valence-corrected chi connectivity index (χ0v) is 17.6. The summed E-state index contributed by atoms with van der Waals surface area (Å²) in [5.41, 5.74) is 1.45. The fourth-order valence-corrected chi connectivity index (χ4v) is 2.79. The second-order valence-electron chi connectivity index (χ2n) is 7.59. The zero-order valence-electron chi connectivity index (χ0n) is 17.6. The Balaban J connectivity index is 1.83. The van der Waals surface area contributed by atoms with Crippen molar-refractivity contribution in [3.8, 4) is 11.4 Å². The van der Waals surface area contributed by atoms with Crippen molar-refractivity contribution in [3.05, 3.63) is 36.0 Å². The van der Waals surface area contributed by atoms with E-state index in [0.29, 0.717) is 22.9 Å². The number of likely N-dealkylation sites (N-methyl/N-ethyl adjacent to an activating group) is 1. The largest absolute Gasteiger partial charge is 0.395 e. The minimum Gasteiger partial charge on any atom is -0.395 e.